The molecule has 0 aliphatic carbocycles. The minimum atomic E-state index is -1.37. The van der Waals surface area contributed by atoms with Crippen LogP contribution in [0.15, 0.2) is 54.6 Å². The van der Waals surface area contributed by atoms with Crippen molar-refractivity contribution in [3.63, 3.8) is 0 Å². The van der Waals surface area contributed by atoms with Crippen LogP contribution in [0.3, 0.4) is 0 Å². The molecule has 0 spiro atoms. The molecule has 0 aliphatic rings. The van der Waals surface area contributed by atoms with E-state index in [1.165, 1.54) is 21.9 Å². The fraction of sp³-hybridized carbons (Fsp3) is 0.222. The van der Waals surface area contributed by atoms with Crippen molar-refractivity contribution >= 4 is 19.3 Å². The summed E-state index contributed by atoms with van der Waals surface area (Å²) in [6.45, 7) is 9.35. The summed E-state index contributed by atoms with van der Waals surface area (Å²) in [6, 6.07) is 19.5. The van der Waals surface area contributed by atoms with E-state index in [-0.39, 0.29) is 0 Å². The summed E-state index contributed by atoms with van der Waals surface area (Å²) in [4.78, 5) is 0. The molecule has 0 amide bonds. The van der Waals surface area contributed by atoms with E-state index in [9.17, 15) is 0 Å². The summed E-state index contributed by atoms with van der Waals surface area (Å²) in [5.74, 6) is 0. The lowest BCUT2D eigenvalue weighted by Crippen LogP contribution is -2.22. The zero-order valence-corrected chi connectivity index (χ0v) is 13.3. The molecule has 98 valence electrons. The van der Waals surface area contributed by atoms with Crippen LogP contribution >= 0.6 is 0 Å². The third-order valence-electron chi connectivity index (χ3n) is 3.28. The molecule has 0 heterocycles. The van der Waals surface area contributed by atoms with Crippen LogP contribution < -0.4 is 0 Å². The fourth-order valence-corrected chi connectivity index (χ4v) is 3.81. The van der Waals surface area contributed by atoms with Crippen LogP contribution in [0, 0.1) is 6.92 Å². The number of hydrogen-bond donors (Lipinski definition) is 0. The van der Waals surface area contributed by atoms with Crippen molar-refractivity contribution in [2.75, 3.05) is 0 Å². The normalized spacial score (nSPS) is 12.5. The van der Waals surface area contributed by atoms with Gasteiger partial charge in [-0.15, -0.1) is 0 Å². The minimum absolute atomic E-state index is 1.29. The van der Waals surface area contributed by atoms with E-state index in [1.807, 2.05) is 0 Å². The van der Waals surface area contributed by atoms with Gasteiger partial charge < -0.3 is 0 Å². The quantitative estimate of drug-likeness (QED) is 0.514. The Hall–Kier alpha value is -1.60. The van der Waals surface area contributed by atoms with Gasteiger partial charge in [-0.1, -0.05) is 91.1 Å². The van der Waals surface area contributed by atoms with E-state index in [0.717, 1.165) is 0 Å². The van der Waals surface area contributed by atoms with E-state index in [1.54, 1.807) is 0 Å². The van der Waals surface area contributed by atoms with E-state index >= 15 is 0 Å². The molecule has 0 N–H and O–H groups in total. The third kappa shape index (κ3) is 3.68. The van der Waals surface area contributed by atoms with E-state index in [2.05, 4.69) is 87.2 Å². The van der Waals surface area contributed by atoms with Crippen LogP contribution in [0.4, 0.5) is 0 Å². The lowest BCUT2D eigenvalue weighted by atomic mass is 10.1. The Morgan fingerprint density at radius 3 is 1.95 bits per heavy atom. The van der Waals surface area contributed by atoms with Gasteiger partial charge in [0, 0.05) is 0 Å². The Labute approximate surface area is 117 Å². The molecule has 2 aromatic carbocycles. The Morgan fingerprint density at radius 2 is 1.42 bits per heavy atom. The maximum Gasteiger partial charge on any atom is 0.0784 e. The van der Waals surface area contributed by atoms with Crippen LogP contribution in [-0.4, -0.2) is 8.07 Å². The van der Waals surface area contributed by atoms with Crippen molar-refractivity contribution in [3.8, 4) is 0 Å². The standard InChI is InChI=1S/C18H22Si/c1-15-10-12-17(13-11-15)18(19(2,3)4)14-16-8-6-5-7-9-16/h5-14H,1-4H3/b18-14-. The lowest BCUT2D eigenvalue weighted by Gasteiger charge is -2.22. The Morgan fingerprint density at radius 1 is 0.842 bits per heavy atom. The molecule has 19 heavy (non-hydrogen) atoms. The zero-order valence-electron chi connectivity index (χ0n) is 12.3. The maximum absolute atomic E-state index is 2.40. The van der Waals surface area contributed by atoms with Crippen molar-refractivity contribution < 1.29 is 0 Å². The molecule has 0 bridgehead atoms. The molecule has 1 heteroatoms. The first kappa shape index (κ1) is 13.8. The van der Waals surface area contributed by atoms with Gasteiger partial charge in [-0.05, 0) is 18.1 Å². The Balaban J connectivity index is 2.48. The predicted octanol–water partition coefficient (Wildman–Crippen LogP) is 5.41. The van der Waals surface area contributed by atoms with Crippen molar-refractivity contribution in [3.05, 3.63) is 71.3 Å². The number of hydrogen-bond acceptors (Lipinski definition) is 0. The van der Waals surface area contributed by atoms with Gasteiger partial charge in [0.2, 0.25) is 0 Å². The molecule has 2 rings (SSSR count). The second-order valence-corrected chi connectivity index (χ2v) is 11.1. The van der Waals surface area contributed by atoms with Gasteiger partial charge in [0.05, 0.1) is 8.07 Å². The molecule has 0 unspecified atom stereocenters. The molecule has 0 saturated carbocycles. The van der Waals surface area contributed by atoms with Crippen molar-refractivity contribution in [2.24, 2.45) is 0 Å². The number of aryl methyl sites for hydroxylation is 1. The molecule has 0 radical (unpaired) electrons. The van der Waals surface area contributed by atoms with Gasteiger partial charge >= 0.3 is 0 Å². The van der Waals surface area contributed by atoms with E-state index in [4.69, 9.17) is 0 Å². The van der Waals surface area contributed by atoms with Gasteiger partial charge in [-0.2, -0.15) is 0 Å². The van der Waals surface area contributed by atoms with Crippen molar-refractivity contribution in [1.82, 2.24) is 0 Å². The average molecular weight is 266 g/mol. The van der Waals surface area contributed by atoms with Crippen LogP contribution in [0.1, 0.15) is 16.7 Å². The Kier molecular flexibility index (Phi) is 4.06. The molecule has 0 aliphatic heterocycles. The van der Waals surface area contributed by atoms with Crippen LogP contribution in [0.5, 0.6) is 0 Å². The van der Waals surface area contributed by atoms with Gasteiger partial charge in [0.25, 0.3) is 0 Å². The summed E-state index contributed by atoms with van der Waals surface area (Å²) in [6.07, 6.45) is 2.36. The van der Waals surface area contributed by atoms with Gasteiger partial charge in [-0.3, -0.25) is 0 Å². The molecule has 0 saturated heterocycles. The maximum atomic E-state index is 2.40. The molecule has 0 aromatic heterocycles. The summed E-state index contributed by atoms with van der Waals surface area (Å²) in [7, 11) is -1.37. The topological polar surface area (TPSA) is 0 Å². The van der Waals surface area contributed by atoms with Gasteiger partial charge in [-0.25, -0.2) is 0 Å². The second-order valence-electron chi connectivity index (χ2n) is 6.08. The molecular weight excluding hydrogens is 244 g/mol. The highest BCUT2D eigenvalue weighted by atomic mass is 28.3. The van der Waals surface area contributed by atoms with E-state index in [0.29, 0.717) is 0 Å². The smallest absolute Gasteiger partial charge is 0.0656 e. The molecule has 2 aromatic rings. The van der Waals surface area contributed by atoms with Crippen molar-refractivity contribution in [1.29, 1.82) is 0 Å². The monoisotopic (exact) mass is 266 g/mol. The average Bonchev–Trinajstić information content (AvgIpc) is 2.37. The van der Waals surface area contributed by atoms with Crippen LogP contribution in [0.2, 0.25) is 19.6 Å². The summed E-state index contributed by atoms with van der Waals surface area (Å²) < 4.78 is 0. The number of benzene rings is 2. The summed E-state index contributed by atoms with van der Waals surface area (Å²) in [5.41, 5.74) is 3.98. The highest BCUT2D eigenvalue weighted by Crippen LogP contribution is 2.28. The SMILES string of the molecule is Cc1ccc(/C(=C/c2ccccc2)[Si](C)(C)C)cc1. The minimum Gasteiger partial charge on any atom is -0.0656 e. The zero-order chi connectivity index (χ0) is 13.9. The molecular formula is C18H22Si. The first-order valence-corrected chi connectivity index (χ1v) is 10.3. The Bertz CT molecular complexity index is 557. The predicted molar refractivity (Wildman–Crippen MR) is 88.8 cm³/mol. The second kappa shape index (κ2) is 5.58. The highest BCUT2D eigenvalue weighted by molar-refractivity contribution is 6.94. The number of rotatable bonds is 3. The lowest BCUT2D eigenvalue weighted by molar-refractivity contribution is 1.46. The van der Waals surface area contributed by atoms with Gasteiger partial charge in [0.15, 0.2) is 0 Å². The molecule has 0 atom stereocenters. The first-order chi connectivity index (χ1) is 8.97. The van der Waals surface area contributed by atoms with Gasteiger partial charge in [0.1, 0.15) is 0 Å². The molecule has 0 nitrogen and oxygen atoms in total. The van der Waals surface area contributed by atoms with E-state index < -0.39 is 8.07 Å². The largest absolute Gasteiger partial charge is 0.0784 e. The van der Waals surface area contributed by atoms with Crippen LogP contribution in [-0.2, 0) is 0 Å². The van der Waals surface area contributed by atoms with Crippen molar-refractivity contribution in [2.45, 2.75) is 26.6 Å². The highest BCUT2D eigenvalue weighted by Gasteiger charge is 2.20. The fourth-order valence-electron chi connectivity index (χ4n) is 2.18. The molecule has 0 fully saturated rings. The third-order valence-corrected chi connectivity index (χ3v) is 5.33. The summed E-state index contributed by atoms with van der Waals surface area (Å²) >= 11 is 0. The first-order valence-electron chi connectivity index (χ1n) is 6.81. The van der Waals surface area contributed by atoms with Crippen LogP contribution in [0.25, 0.3) is 11.3 Å². The summed E-state index contributed by atoms with van der Waals surface area (Å²) in [5, 5.41) is 1.51.